The van der Waals surface area contributed by atoms with Gasteiger partial charge in [-0.2, -0.15) is 10.4 Å². The highest BCUT2D eigenvalue weighted by molar-refractivity contribution is 5.65. The Kier molecular flexibility index (Phi) is 4.12. The summed E-state index contributed by atoms with van der Waals surface area (Å²) in [6, 6.07) is 5.94. The molecular weight excluding hydrogens is 338 g/mol. The molecule has 0 amide bonds. The van der Waals surface area contributed by atoms with Crippen LogP contribution < -0.4 is 5.73 Å². The summed E-state index contributed by atoms with van der Waals surface area (Å²) in [6.45, 7) is 0.211. The first-order valence-electron chi connectivity index (χ1n) is 8.55. The van der Waals surface area contributed by atoms with Crippen LogP contribution in [-0.2, 0) is 14.2 Å². The van der Waals surface area contributed by atoms with Gasteiger partial charge in [0.2, 0.25) is 0 Å². The molecule has 0 radical (unpaired) electrons. The van der Waals surface area contributed by atoms with Gasteiger partial charge in [0, 0.05) is 0 Å². The number of anilines is 1. The van der Waals surface area contributed by atoms with Crippen molar-refractivity contribution in [2.75, 3.05) is 18.9 Å². The lowest BCUT2D eigenvalue weighted by atomic mass is 10.1. The smallest absolute Gasteiger partial charge is 0.433 e. The van der Waals surface area contributed by atoms with Crippen LogP contribution in [0.5, 0.6) is 0 Å². The number of ether oxygens (including phenoxy) is 3. The zero-order chi connectivity index (χ0) is 18.1. The monoisotopic (exact) mass is 357 g/mol. The summed E-state index contributed by atoms with van der Waals surface area (Å²) in [5.41, 5.74) is 6.98. The van der Waals surface area contributed by atoms with Gasteiger partial charge in [-0.05, 0) is 37.8 Å². The molecule has 0 spiro atoms. The number of nitrogens with two attached hydrogens (primary N) is 1. The lowest BCUT2D eigenvalue weighted by Crippen LogP contribution is -2.21. The van der Waals surface area contributed by atoms with Gasteiger partial charge in [-0.1, -0.05) is 0 Å². The van der Waals surface area contributed by atoms with Crippen LogP contribution in [0.2, 0.25) is 0 Å². The van der Waals surface area contributed by atoms with E-state index in [0.29, 0.717) is 5.82 Å². The van der Waals surface area contributed by atoms with Crippen LogP contribution in [0.25, 0.3) is 5.52 Å². The number of hydrogen-bond acceptors (Lipinski definition) is 8. The van der Waals surface area contributed by atoms with E-state index in [-0.39, 0.29) is 25.4 Å². The van der Waals surface area contributed by atoms with Gasteiger partial charge >= 0.3 is 6.16 Å². The normalized spacial score (nSPS) is 23.5. The Bertz CT molecular complexity index is 870. The molecule has 2 aromatic heterocycles. The molecule has 26 heavy (non-hydrogen) atoms. The van der Waals surface area contributed by atoms with Gasteiger partial charge in [-0.15, -0.1) is 0 Å². The highest BCUT2D eigenvalue weighted by Gasteiger charge is 2.44. The Balaban J connectivity index is 1.29. The Labute approximate surface area is 149 Å². The minimum Gasteiger partial charge on any atom is -0.433 e. The van der Waals surface area contributed by atoms with Crippen LogP contribution in [0.4, 0.5) is 10.6 Å². The molecule has 2 aromatic rings. The fourth-order valence-electron chi connectivity index (χ4n) is 3.10. The number of hydrogen-bond donors (Lipinski definition) is 1. The zero-order valence-corrected chi connectivity index (χ0v) is 14.1. The molecule has 9 heteroatoms. The maximum absolute atomic E-state index is 11.7. The second-order valence-electron chi connectivity index (χ2n) is 6.77. The summed E-state index contributed by atoms with van der Waals surface area (Å²) in [5.74, 6) is 0.415. The molecule has 3 heterocycles. The van der Waals surface area contributed by atoms with Gasteiger partial charge in [0.05, 0.1) is 23.3 Å². The van der Waals surface area contributed by atoms with E-state index in [0.717, 1.165) is 36.9 Å². The van der Waals surface area contributed by atoms with E-state index >= 15 is 0 Å². The maximum atomic E-state index is 11.7. The number of nitrogen functional groups attached to an aromatic ring is 1. The molecule has 2 atom stereocenters. The number of carbonyl (C=O) groups excluding carboxylic acids is 1. The molecule has 136 valence electrons. The summed E-state index contributed by atoms with van der Waals surface area (Å²) < 4.78 is 17.8. The van der Waals surface area contributed by atoms with Crippen LogP contribution >= 0.6 is 0 Å². The molecule has 4 rings (SSSR count). The summed E-state index contributed by atoms with van der Waals surface area (Å²) in [5, 5.41) is 13.2. The molecule has 2 fully saturated rings. The second-order valence-corrected chi connectivity index (χ2v) is 6.77. The van der Waals surface area contributed by atoms with E-state index in [1.54, 1.807) is 4.52 Å². The van der Waals surface area contributed by atoms with Gasteiger partial charge in [0.15, 0.2) is 5.82 Å². The van der Waals surface area contributed by atoms with Gasteiger partial charge in [-0.25, -0.2) is 14.3 Å². The van der Waals surface area contributed by atoms with Crippen LogP contribution in [-0.4, -0.2) is 40.1 Å². The SMILES string of the molecule is N#CC1(COC(=O)OCC2CCC(c3ccc4c(N)ncnn34)O2)CC1. The molecule has 1 aliphatic heterocycles. The molecule has 1 aliphatic carbocycles. The fourth-order valence-corrected chi connectivity index (χ4v) is 3.10. The quantitative estimate of drug-likeness (QED) is 0.805. The third-order valence-electron chi connectivity index (χ3n) is 4.89. The van der Waals surface area contributed by atoms with Crippen LogP contribution in [0.3, 0.4) is 0 Å². The highest BCUT2D eigenvalue weighted by atomic mass is 16.7. The predicted molar refractivity (Wildman–Crippen MR) is 88.8 cm³/mol. The molecular formula is C17H19N5O4. The Morgan fingerprint density at radius 2 is 2.27 bits per heavy atom. The zero-order valence-electron chi connectivity index (χ0n) is 14.1. The van der Waals surface area contributed by atoms with Gasteiger partial charge in [-0.3, -0.25) is 0 Å². The van der Waals surface area contributed by atoms with Crippen molar-refractivity contribution in [1.29, 1.82) is 5.26 Å². The summed E-state index contributed by atoms with van der Waals surface area (Å²) >= 11 is 0. The van der Waals surface area contributed by atoms with E-state index in [4.69, 9.17) is 25.2 Å². The minimum atomic E-state index is -0.757. The lowest BCUT2D eigenvalue weighted by molar-refractivity contribution is -0.0195. The minimum absolute atomic E-state index is 0.0910. The van der Waals surface area contributed by atoms with E-state index in [1.807, 2.05) is 12.1 Å². The topological polar surface area (TPSA) is 125 Å². The average molecular weight is 357 g/mol. The van der Waals surface area contributed by atoms with E-state index in [2.05, 4.69) is 16.2 Å². The van der Waals surface area contributed by atoms with E-state index in [9.17, 15) is 4.79 Å². The van der Waals surface area contributed by atoms with Crippen molar-refractivity contribution >= 4 is 17.5 Å². The first-order chi connectivity index (χ1) is 12.6. The molecule has 0 bridgehead atoms. The number of fused-ring (bicyclic) bond motifs is 1. The van der Waals surface area contributed by atoms with Gasteiger partial charge in [0.25, 0.3) is 0 Å². The fraction of sp³-hybridized carbons (Fsp3) is 0.529. The number of nitriles is 1. The number of carbonyl (C=O) groups is 1. The number of rotatable bonds is 5. The van der Waals surface area contributed by atoms with E-state index in [1.165, 1.54) is 6.33 Å². The average Bonchev–Trinajstić information content (AvgIpc) is 3.06. The maximum Gasteiger partial charge on any atom is 0.508 e. The Morgan fingerprint density at radius 3 is 3.04 bits per heavy atom. The van der Waals surface area contributed by atoms with Crippen LogP contribution in [0, 0.1) is 16.7 Å². The van der Waals surface area contributed by atoms with Crippen molar-refractivity contribution in [3.63, 3.8) is 0 Å². The summed E-state index contributed by atoms with van der Waals surface area (Å²) in [7, 11) is 0. The van der Waals surface area contributed by atoms with Crippen molar-refractivity contribution in [2.45, 2.75) is 37.9 Å². The van der Waals surface area contributed by atoms with Crippen molar-refractivity contribution in [1.82, 2.24) is 14.6 Å². The largest absolute Gasteiger partial charge is 0.508 e. The molecule has 9 nitrogen and oxygen atoms in total. The summed E-state index contributed by atoms with van der Waals surface area (Å²) in [4.78, 5) is 15.6. The predicted octanol–water partition coefficient (Wildman–Crippen LogP) is 1.99. The standard InChI is InChI=1S/C17H19N5O4/c18-8-17(5-6-17)9-25-16(23)24-7-11-1-4-14(26-11)12-2-3-13-15(19)20-10-21-22(12)13/h2-3,10-11,14H,1,4-7,9H2,(H2,19,20,21). The Morgan fingerprint density at radius 1 is 1.42 bits per heavy atom. The molecule has 2 aliphatic rings. The van der Waals surface area contributed by atoms with Crippen molar-refractivity contribution < 1.29 is 19.0 Å². The molecule has 0 aromatic carbocycles. The van der Waals surface area contributed by atoms with E-state index < -0.39 is 11.6 Å². The molecule has 1 saturated heterocycles. The number of nitrogens with zero attached hydrogens (tertiary/aromatic N) is 4. The lowest BCUT2D eigenvalue weighted by Gasteiger charge is -2.14. The van der Waals surface area contributed by atoms with Crippen LogP contribution in [0.15, 0.2) is 18.5 Å². The number of aromatic nitrogens is 3. The second kappa shape index (κ2) is 6.46. The van der Waals surface area contributed by atoms with Crippen LogP contribution in [0.1, 0.15) is 37.5 Å². The van der Waals surface area contributed by atoms with Gasteiger partial charge < -0.3 is 19.9 Å². The molecule has 2 unspecified atom stereocenters. The first-order valence-corrected chi connectivity index (χ1v) is 8.55. The first kappa shape index (κ1) is 16.6. The Hall–Kier alpha value is -2.86. The van der Waals surface area contributed by atoms with Crippen molar-refractivity contribution in [3.8, 4) is 6.07 Å². The molecule has 1 saturated carbocycles. The summed E-state index contributed by atoms with van der Waals surface area (Å²) in [6.07, 6.45) is 3.38. The van der Waals surface area contributed by atoms with Gasteiger partial charge in [0.1, 0.15) is 31.2 Å². The third kappa shape index (κ3) is 3.15. The third-order valence-corrected chi connectivity index (χ3v) is 4.89. The van der Waals surface area contributed by atoms with Crippen molar-refractivity contribution in [3.05, 3.63) is 24.2 Å². The van der Waals surface area contributed by atoms with Crippen molar-refractivity contribution in [2.24, 2.45) is 5.41 Å². The molecule has 2 N–H and O–H groups in total. The highest BCUT2D eigenvalue weighted by Crippen LogP contribution is 2.45.